The lowest BCUT2D eigenvalue weighted by Crippen LogP contribution is -2.60. The van der Waals surface area contributed by atoms with Gasteiger partial charge in [0.15, 0.2) is 0 Å². The summed E-state index contributed by atoms with van der Waals surface area (Å²) >= 11 is 0. The fourth-order valence-corrected chi connectivity index (χ4v) is 4.48. The van der Waals surface area contributed by atoms with E-state index in [2.05, 4.69) is 61.6 Å². The largest absolute Gasteiger partial charge is 0.378 e. The maximum Gasteiger partial charge on any atom is 0.240 e. The van der Waals surface area contributed by atoms with Crippen molar-refractivity contribution in [2.75, 3.05) is 20.7 Å². The number of nitrogens with zero attached hydrogens (tertiary/aromatic N) is 1. The molecule has 1 aliphatic heterocycles. The van der Waals surface area contributed by atoms with Gasteiger partial charge in [-0.25, -0.2) is 0 Å². The van der Waals surface area contributed by atoms with Gasteiger partial charge in [-0.15, -0.1) is 0 Å². The van der Waals surface area contributed by atoms with Crippen LogP contribution in [0.25, 0.3) is 0 Å². The highest BCUT2D eigenvalue weighted by molar-refractivity contribution is 5.86. The Hall–Kier alpha value is -1.39. The molecule has 2 unspecified atom stereocenters. The molecular formula is C21H32N2O2. The first-order chi connectivity index (χ1) is 12.0. The van der Waals surface area contributed by atoms with E-state index in [1.54, 1.807) is 0 Å². The number of hydrogen-bond acceptors (Lipinski definition) is 3. The summed E-state index contributed by atoms with van der Waals surface area (Å²) in [7, 11) is 4.10. The zero-order chi connectivity index (χ0) is 17.9. The fourth-order valence-electron chi connectivity index (χ4n) is 4.48. The van der Waals surface area contributed by atoms with E-state index in [0.29, 0.717) is 5.92 Å². The van der Waals surface area contributed by atoms with E-state index in [-0.39, 0.29) is 23.6 Å². The minimum Gasteiger partial charge on any atom is -0.378 e. The molecule has 1 saturated heterocycles. The third-order valence-electron chi connectivity index (χ3n) is 6.18. The molecule has 3 rings (SSSR count). The second-order valence-electron chi connectivity index (χ2n) is 7.99. The topological polar surface area (TPSA) is 41.6 Å². The molecule has 0 spiro atoms. The van der Waals surface area contributed by atoms with Gasteiger partial charge in [-0.1, -0.05) is 30.3 Å². The van der Waals surface area contributed by atoms with Crippen molar-refractivity contribution in [3.8, 4) is 0 Å². The molecule has 4 heteroatoms. The molecule has 1 aliphatic carbocycles. The van der Waals surface area contributed by atoms with Gasteiger partial charge in [-0.3, -0.25) is 9.69 Å². The summed E-state index contributed by atoms with van der Waals surface area (Å²) in [5, 5.41) is 3.34. The number of carbonyl (C=O) groups excluding carboxylic acids is 1. The van der Waals surface area contributed by atoms with Crippen LogP contribution in [-0.4, -0.2) is 49.2 Å². The molecule has 0 aromatic heterocycles. The van der Waals surface area contributed by atoms with Crippen LogP contribution in [0, 0.1) is 0 Å². The van der Waals surface area contributed by atoms with Gasteiger partial charge in [0.05, 0.1) is 11.6 Å². The fraction of sp³-hybridized carbons (Fsp3) is 0.667. The van der Waals surface area contributed by atoms with Crippen LogP contribution in [0.3, 0.4) is 0 Å². The zero-order valence-corrected chi connectivity index (χ0v) is 15.8. The predicted molar refractivity (Wildman–Crippen MR) is 101 cm³/mol. The molecular weight excluding hydrogens is 312 g/mol. The Morgan fingerprint density at radius 2 is 1.84 bits per heavy atom. The number of rotatable bonds is 4. The molecule has 1 amide bonds. The Bertz CT molecular complexity index is 565. The molecule has 2 aliphatic rings. The first-order valence-electron chi connectivity index (χ1n) is 9.66. The zero-order valence-electron chi connectivity index (χ0n) is 15.8. The minimum absolute atomic E-state index is 0.211. The SMILES string of the molecule is CC1CC(NC(=O)C2(N(C)C)CCC(c3ccccc3)CC2)CCO1. The summed E-state index contributed by atoms with van der Waals surface area (Å²) in [6.45, 7) is 2.84. The van der Waals surface area contributed by atoms with Crippen LogP contribution in [0.1, 0.15) is 56.9 Å². The number of amides is 1. The van der Waals surface area contributed by atoms with Crippen LogP contribution in [0.2, 0.25) is 0 Å². The normalized spacial score (nSPS) is 33.2. The number of benzene rings is 1. The van der Waals surface area contributed by atoms with Crippen LogP contribution < -0.4 is 5.32 Å². The highest BCUT2D eigenvalue weighted by Crippen LogP contribution is 2.40. The number of hydrogen-bond donors (Lipinski definition) is 1. The number of carbonyl (C=O) groups is 1. The van der Waals surface area contributed by atoms with Gasteiger partial charge in [0, 0.05) is 12.6 Å². The summed E-state index contributed by atoms with van der Waals surface area (Å²) in [5.74, 6) is 0.785. The molecule has 25 heavy (non-hydrogen) atoms. The van der Waals surface area contributed by atoms with Crippen molar-refractivity contribution in [3.63, 3.8) is 0 Å². The van der Waals surface area contributed by atoms with Gasteiger partial charge < -0.3 is 10.1 Å². The van der Waals surface area contributed by atoms with E-state index in [1.165, 1.54) is 5.56 Å². The summed E-state index contributed by atoms with van der Waals surface area (Å²) in [6, 6.07) is 11.0. The van der Waals surface area contributed by atoms with Crippen molar-refractivity contribution >= 4 is 5.91 Å². The van der Waals surface area contributed by atoms with Crippen molar-refractivity contribution in [1.29, 1.82) is 0 Å². The van der Waals surface area contributed by atoms with Crippen molar-refractivity contribution in [3.05, 3.63) is 35.9 Å². The molecule has 0 radical (unpaired) electrons. The Labute approximate surface area is 151 Å². The third-order valence-corrected chi connectivity index (χ3v) is 6.18. The van der Waals surface area contributed by atoms with Gasteiger partial charge in [-0.05, 0) is 71.0 Å². The van der Waals surface area contributed by atoms with Crippen molar-refractivity contribution in [2.24, 2.45) is 0 Å². The molecule has 2 fully saturated rings. The Kier molecular flexibility index (Phi) is 5.80. The van der Waals surface area contributed by atoms with E-state index in [9.17, 15) is 4.79 Å². The van der Waals surface area contributed by atoms with Crippen LogP contribution >= 0.6 is 0 Å². The number of likely N-dealkylation sites (N-methyl/N-ethyl adjacent to an activating group) is 1. The highest BCUT2D eigenvalue weighted by Gasteiger charge is 2.44. The smallest absolute Gasteiger partial charge is 0.240 e. The maximum absolute atomic E-state index is 13.2. The van der Waals surface area contributed by atoms with Crippen molar-refractivity contribution in [2.45, 2.75) is 69.1 Å². The minimum atomic E-state index is -0.368. The van der Waals surface area contributed by atoms with Crippen molar-refractivity contribution in [1.82, 2.24) is 10.2 Å². The monoisotopic (exact) mass is 344 g/mol. The average Bonchev–Trinajstić information content (AvgIpc) is 2.62. The standard InChI is InChI=1S/C21H32N2O2/c1-16-15-19(11-14-25-16)22-20(24)21(23(2)3)12-9-18(10-13-21)17-7-5-4-6-8-17/h4-8,16,18-19H,9-15H2,1-3H3,(H,22,24). The summed E-state index contributed by atoms with van der Waals surface area (Å²) in [5.41, 5.74) is 1.04. The summed E-state index contributed by atoms with van der Waals surface area (Å²) in [4.78, 5) is 15.3. The van der Waals surface area contributed by atoms with Gasteiger partial charge in [0.2, 0.25) is 5.91 Å². The molecule has 1 aromatic rings. The van der Waals surface area contributed by atoms with Gasteiger partial charge in [0.1, 0.15) is 0 Å². The third kappa shape index (κ3) is 4.06. The lowest BCUT2D eigenvalue weighted by atomic mass is 9.73. The maximum atomic E-state index is 13.2. The quantitative estimate of drug-likeness (QED) is 0.911. The summed E-state index contributed by atoms with van der Waals surface area (Å²) in [6.07, 6.45) is 6.06. The molecule has 138 valence electrons. The molecule has 0 bridgehead atoms. The number of ether oxygens (including phenoxy) is 1. The average molecular weight is 344 g/mol. The first kappa shape index (κ1) is 18.4. The number of nitrogens with one attached hydrogen (secondary N) is 1. The second kappa shape index (κ2) is 7.88. The molecule has 2 atom stereocenters. The predicted octanol–water partition coefficient (Wildman–Crippen LogP) is 3.33. The highest BCUT2D eigenvalue weighted by atomic mass is 16.5. The van der Waals surface area contributed by atoms with Gasteiger partial charge in [0.25, 0.3) is 0 Å². The lowest BCUT2D eigenvalue weighted by Gasteiger charge is -2.44. The van der Waals surface area contributed by atoms with Crippen LogP contribution in [0.15, 0.2) is 30.3 Å². The lowest BCUT2D eigenvalue weighted by molar-refractivity contribution is -0.136. The van der Waals surface area contributed by atoms with Gasteiger partial charge in [-0.2, -0.15) is 0 Å². The summed E-state index contributed by atoms with van der Waals surface area (Å²) < 4.78 is 5.61. The van der Waals surface area contributed by atoms with Crippen LogP contribution in [0.4, 0.5) is 0 Å². The molecule has 1 N–H and O–H groups in total. The van der Waals surface area contributed by atoms with E-state index < -0.39 is 0 Å². The van der Waals surface area contributed by atoms with Gasteiger partial charge >= 0.3 is 0 Å². The molecule has 4 nitrogen and oxygen atoms in total. The first-order valence-corrected chi connectivity index (χ1v) is 9.66. The molecule has 1 saturated carbocycles. The molecule has 1 aromatic carbocycles. The van der Waals surface area contributed by atoms with E-state index in [1.807, 2.05) is 0 Å². The Morgan fingerprint density at radius 3 is 2.44 bits per heavy atom. The van der Waals surface area contributed by atoms with Crippen LogP contribution in [0.5, 0.6) is 0 Å². The van der Waals surface area contributed by atoms with E-state index in [0.717, 1.165) is 45.1 Å². The molecule has 1 heterocycles. The Balaban J connectivity index is 1.65. The van der Waals surface area contributed by atoms with E-state index in [4.69, 9.17) is 4.74 Å². The van der Waals surface area contributed by atoms with E-state index >= 15 is 0 Å². The van der Waals surface area contributed by atoms with Crippen molar-refractivity contribution < 1.29 is 9.53 Å². The Morgan fingerprint density at radius 1 is 1.16 bits per heavy atom. The second-order valence-corrected chi connectivity index (χ2v) is 7.99. The van der Waals surface area contributed by atoms with Crippen LogP contribution in [-0.2, 0) is 9.53 Å².